The predicted molar refractivity (Wildman–Crippen MR) is 76.9 cm³/mol. The number of piperidine rings is 1. The Balaban J connectivity index is 1.99. The number of likely N-dealkylation sites (N-methyl/N-ethyl adjacent to an activating group) is 1. The molecule has 0 spiro atoms. The lowest BCUT2D eigenvalue weighted by Crippen LogP contribution is -2.52. The van der Waals surface area contributed by atoms with Crippen LogP contribution in [0.2, 0.25) is 0 Å². The summed E-state index contributed by atoms with van der Waals surface area (Å²) in [5.41, 5.74) is 0. The first-order chi connectivity index (χ1) is 9.15. The van der Waals surface area contributed by atoms with E-state index < -0.39 is 0 Å². The molecule has 108 valence electrons. The van der Waals surface area contributed by atoms with Crippen molar-refractivity contribution >= 4 is 23.6 Å². The highest BCUT2D eigenvalue weighted by atomic mass is 32.2. The number of nitrogens with zero attached hydrogens (tertiary/aromatic N) is 2. The lowest BCUT2D eigenvalue weighted by atomic mass is 10.0. The van der Waals surface area contributed by atoms with E-state index in [0.717, 1.165) is 31.7 Å². The minimum absolute atomic E-state index is 0.0852. The summed E-state index contributed by atoms with van der Waals surface area (Å²) in [6, 6.07) is 0.0651. The van der Waals surface area contributed by atoms with Gasteiger partial charge in [-0.15, -0.1) is 11.8 Å². The molecule has 2 aliphatic heterocycles. The standard InChI is InChI=1S/C13H23N3O2S/c1-3-12(17)16-9-19-8-11(16)13(18)15(2)10-4-6-14-7-5-10/h10-11,14H,3-9H2,1-2H3. The molecule has 0 radical (unpaired) electrons. The first-order valence-corrected chi connectivity index (χ1v) is 8.15. The van der Waals surface area contributed by atoms with Gasteiger partial charge >= 0.3 is 0 Å². The van der Waals surface area contributed by atoms with Crippen LogP contribution < -0.4 is 5.32 Å². The molecule has 19 heavy (non-hydrogen) atoms. The van der Waals surface area contributed by atoms with E-state index in [4.69, 9.17) is 0 Å². The molecule has 0 aromatic carbocycles. The topological polar surface area (TPSA) is 52.7 Å². The number of rotatable bonds is 3. The maximum Gasteiger partial charge on any atom is 0.246 e. The van der Waals surface area contributed by atoms with E-state index in [2.05, 4.69) is 5.32 Å². The number of nitrogens with one attached hydrogen (secondary N) is 1. The molecule has 2 amide bonds. The SMILES string of the molecule is CCC(=O)N1CSCC1C(=O)N(C)C1CCNCC1. The zero-order valence-electron chi connectivity index (χ0n) is 11.7. The van der Waals surface area contributed by atoms with Crippen LogP contribution in [0.3, 0.4) is 0 Å². The molecule has 2 aliphatic rings. The van der Waals surface area contributed by atoms with E-state index in [1.807, 2.05) is 18.9 Å². The molecule has 1 atom stereocenters. The van der Waals surface area contributed by atoms with Gasteiger partial charge in [-0.25, -0.2) is 0 Å². The summed E-state index contributed by atoms with van der Waals surface area (Å²) in [4.78, 5) is 28.0. The Labute approximate surface area is 119 Å². The highest BCUT2D eigenvalue weighted by Crippen LogP contribution is 2.24. The van der Waals surface area contributed by atoms with Crippen molar-refractivity contribution in [2.45, 2.75) is 38.3 Å². The van der Waals surface area contributed by atoms with Crippen molar-refractivity contribution in [3.8, 4) is 0 Å². The molecule has 6 heteroatoms. The summed E-state index contributed by atoms with van der Waals surface area (Å²) >= 11 is 1.67. The third kappa shape index (κ3) is 3.23. The molecular weight excluding hydrogens is 262 g/mol. The first-order valence-electron chi connectivity index (χ1n) is 6.99. The molecule has 2 saturated heterocycles. The van der Waals surface area contributed by atoms with E-state index in [1.54, 1.807) is 16.7 Å². The number of hydrogen-bond donors (Lipinski definition) is 1. The second-order valence-electron chi connectivity index (χ2n) is 5.16. The molecule has 0 aromatic rings. The Morgan fingerprint density at radius 3 is 2.68 bits per heavy atom. The van der Waals surface area contributed by atoms with E-state index in [9.17, 15) is 9.59 Å². The number of carbonyl (C=O) groups is 2. The van der Waals surface area contributed by atoms with Crippen LogP contribution in [-0.2, 0) is 9.59 Å². The summed E-state index contributed by atoms with van der Waals surface area (Å²) in [7, 11) is 1.88. The van der Waals surface area contributed by atoms with Crippen LogP contribution in [0.5, 0.6) is 0 Å². The summed E-state index contributed by atoms with van der Waals surface area (Å²) in [5.74, 6) is 1.59. The maximum atomic E-state index is 12.6. The van der Waals surface area contributed by atoms with Gasteiger partial charge in [0.05, 0.1) is 5.88 Å². The Hall–Kier alpha value is -0.750. The first kappa shape index (κ1) is 14.7. The van der Waals surface area contributed by atoms with E-state index in [-0.39, 0.29) is 17.9 Å². The molecule has 2 fully saturated rings. The fourth-order valence-corrected chi connectivity index (χ4v) is 3.88. The quantitative estimate of drug-likeness (QED) is 0.821. The molecule has 0 bridgehead atoms. The number of hydrogen-bond acceptors (Lipinski definition) is 4. The zero-order chi connectivity index (χ0) is 13.8. The highest BCUT2D eigenvalue weighted by Gasteiger charge is 2.37. The van der Waals surface area contributed by atoms with Crippen LogP contribution in [0.4, 0.5) is 0 Å². The smallest absolute Gasteiger partial charge is 0.246 e. The molecule has 2 heterocycles. The minimum atomic E-state index is -0.252. The summed E-state index contributed by atoms with van der Waals surface area (Å²) < 4.78 is 0. The van der Waals surface area contributed by atoms with Crippen LogP contribution >= 0.6 is 11.8 Å². The van der Waals surface area contributed by atoms with Gasteiger partial charge in [0.2, 0.25) is 11.8 Å². The van der Waals surface area contributed by atoms with Crippen molar-refractivity contribution in [2.24, 2.45) is 0 Å². The lowest BCUT2D eigenvalue weighted by molar-refractivity contribution is -0.144. The van der Waals surface area contributed by atoms with Crippen molar-refractivity contribution in [1.82, 2.24) is 15.1 Å². The zero-order valence-corrected chi connectivity index (χ0v) is 12.5. The lowest BCUT2D eigenvalue weighted by Gasteiger charge is -2.35. The van der Waals surface area contributed by atoms with Crippen LogP contribution in [0.25, 0.3) is 0 Å². The van der Waals surface area contributed by atoms with Crippen LogP contribution in [0.15, 0.2) is 0 Å². The Kier molecular flexibility index (Phi) is 5.10. The molecule has 1 unspecified atom stereocenters. The fourth-order valence-electron chi connectivity index (χ4n) is 2.71. The normalized spacial score (nSPS) is 24.5. The molecule has 0 aliphatic carbocycles. The van der Waals surface area contributed by atoms with Crippen LogP contribution in [-0.4, -0.2) is 65.5 Å². The van der Waals surface area contributed by atoms with Crippen molar-refractivity contribution < 1.29 is 9.59 Å². The molecule has 5 nitrogen and oxygen atoms in total. The van der Waals surface area contributed by atoms with Gasteiger partial charge in [0, 0.05) is 25.3 Å². The third-order valence-corrected chi connectivity index (χ3v) is 5.01. The van der Waals surface area contributed by atoms with Crippen LogP contribution in [0, 0.1) is 0 Å². The van der Waals surface area contributed by atoms with Gasteiger partial charge in [-0.3, -0.25) is 9.59 Å². The fraction of sp³-hybridized carbons (Fsp3) is 0.846. The van der Waals surface area contributed by atoms with E-state index >= 15 is 0 Å². The van der Waals surface area contributed by atoms with Gasteiger partial charge in [0.25, 0.3) is 0 Å². The van der Waals surface area contributed by atoms with Gasteiger partial charge < -0.3 is 15.1 Å². The number of carbonyl (C=O) groups excluding carboxylic acids is 2. The molecule has 0 aromatic heterocycles. The monoisotopic (exact) mass is 285 g/mol. The van der Waals surface area contributed by atoms with Gasteiger partial charge in [0.15, 0.2) is 0 Å². The second-order valence-corrected chi connectivity index (χ2v) is 6.16. The second kappa shape index (κ2) is 6.61. The predicted octanol–water partition coefficient (Wildman–Crippen LogP) is 0.508. The van der Waals surface area contributed by atoms with Crippen molar-refractivity contribution in [1.29, 1.82) is 0 Å². The summed E-state index contributed by atoms with van der Waals surface area (Å²) in [6.45, 7) is 3.79. The Bertz CT molecular complexity index is 345. The van der Waals surface area contributed by atoms with Crippen LogP contribution in [0.1, 0.15) is 26.2 Å². The van der Waals surface area contributed by atoms with E-state index in [1.165, 1.54) is 0 Å². The summed E-state index contributed by atoms with van der Waals surface area (Å²) in [6.07, 6.45) is 2.48. The molecule has 0 saturated carbocycles. The average molecular weight is 285 g/mol. The maximum absolute atomic E-state index is 12.6. The van der Waals surface area contributed by atoms with Crippen molar-refractivity contribution in [2.75, 3.05) is 31.8 Å². The van der Waals surface area contributed by atoms with Gasteiger partial charge in [-0.1, -0.05) is 6.92 Å². The van der Waals surface area contributed by atoms with Crippen molar-refractivity contribution in [3.05, 3.63) is 0 Å². The van der Waals surface area contributed by atoms with Gasteiger partial charge in [0.1, 0.15) is 6.04 Å². The highest BCUT2D eigenvalue weighted by molar-refractivity contribution is 7.99. The van der Waals surface area contributed by atoms with E-state index in [0.29, 0.717) is 18.3 Å². The van der Waals surface area contributed by atoms with Gasteiger partial charge in [-0.2, -0.15) is 0 Å². The number of thioether (sulfide) groups is 1. The largest absolute Gasteiger partial charge is 0.341 e. The molecule has 1 N–H and O–H groups in total. The average Bonchev–Trinajstić information content (AvgIpc) is 2.95. The third-order valence-electron chi connectivity index (χ3n) is 3.99. The Morgan fingerprint density at radius 1 is 1.37 bits per heavy atom. The molecule has 2 rings (SSSR count). The van der Waals surface area contributed by atoms with Gasteiger partial charge in [-0.05, 0) is 25.9 Å². The molecular formula is C13H23N3O2S. The summed E-state index contributed by atoms with van der Waals surface area (Å²) in [5, 5.41) is 3.31. The number of amides is 2. The van der Waals surface area contributed by atoms with Crippen molar-refractivity contribution in [3.63, 3.8) is 0 Å². The Morgan fingerprint density at radius 2 is 2.05 bits per heavy atom. The minimum Gasteiger partial charge on any atom is -0.341 e.